The Balaban J connectivity index is 3.26. The number of hydrogen-bond donors (Lipinski definition) is 0. The van der Waals surface area contributed by atoms with Crippen LogP contribution in [0, 0.1) is 13.8 Å². The van der Waals surface area contributed by atoms with Crippen LogP contribution in [-0.4, -0.2) is 26.2 Å². The van der Waals surface area contributed by atoms with Gasteiger partial charge in [-0.15, -0.1) is 0 Å². The van der Waals surface area contributed by atoms with Crippen LogP contribution in [0.5, 0.6) is 0 Å². The highest BCUT2D eigenvalue weighted by atomic mass is 16.5. The number of aryl methyl sites for hydroxylation is 2. The first-order valence-corrected chi connectivity index (χ1v) is 5.24. The van der Waals surface area contributed by atoms with Gasteiger partial charge in [0.2, 0.25) is 0 Å². The second-order valence-corrected chi connectivity index (χ2v) is 3.84. The molecule has 0 bridgehead atoms. The van der Waals surface area contributed by atoms with Crippen molar-refractivity contribution in [2.24, 2.45) is 0 Å². The molecule has 17 heavy (non-hydrogen) atoms. The lowest BCUT2D eigenvalue weighted by molar-refractivity contribution is -0.154. The molecule has 92 valence electrons. The van der Waals surface area contributed by atoms with Gasteiger partial charge in [-0.3, -0.25) is 9.59 Å². The average molecular weight is 236 g/mol. The van der Waals surface area contributed by atoms with Gasteiger partial charge in [0.1, 0.15) is 0 Å². The van der Waals surface area contributed by atoms with E-state index in [9.17, 15) is 9.59 Å². The van der Waals surface area contributed by atoms with Crippen LogP contribution in [0.25, 0.3) is 0 Å². The maximum Gasteiger partial charge on any atom is 0.324 e. The van der Waals surface area contributed by atoms with E-state index in [4.69, 9.17) is 0 Å². The summed E-state index contributed by atoms with van der Waals surface area (Å²) in [6, 6.07) is 5.59. The lowest BCUT2D eigenvalue weighted by Crippen LogP contribution is -2.25. The molecule has 4 nitrogen and oxygen atoms in total. The summed E-state index contributed by atoms with van der Waals surface area (Å²) in [6.07, 6.45) is 0. The minimum atomic E-state index is -1.01. The SMILES string of the molecule is COC(=O)C(C(=O)OC)c1cc(C)ccc1C. The summed E-state index contributed by atoms with van der Waals surface area (Å²) in [5.41, 5.74) is 2.46. The fourth-order valence-electron chi connectivity index (χ4n) is 1.66. The lowest BCUT2D eigenvalue weighted by Gasteiger charge is -2.15. The van der Waals surface area contributed by atoms with Crippen molar-refractivity contribution in [3.05, 3.63) is 34.9 Å². The Labute approximate surface area is 101 Å². The number of benzene rings is 1. The lowest BCUT2D eigenvalue weighted by atomic mass is 9.93. The van der Waals surface area contributed by atoms with Gasteiger partial charge in [0.25, 0.3) is 0 Å². The second-order valence-electron chi connectivity index (χ2n) is 3.84. The number of rotatable bonds is 3. The fourth-order valence-corrected chi connectivity index (χ4v) is 1.66. The van der Waals surface area contributed by atoms with Gasteiger partial charge < -0.3 is 9.47 Å². The molecule has 0 saturated carbocycles. The van der Waals surface area contributed by atoms with Crippen LogP contribution >= 0.6 is 0 Å². The fraction of sp³-hybridized carbons (Fsp3) is 0.385. The summed E-state index contributed by atoms with van der Waals surface area (Å²) in [6.45, 7) is 3.74. The Morgan fingerprint density at radius 1 is 1.06 bits per heavy atom. The first-order chi connectivity index (χ1) is 8.01. The van der Waals surface area contributed by atoms with E-state index < -0.39 is 17.9 Å². The number of esters is 2. The molecule has 0 aliphatic rings. The van der Waals surface area contributed by atoms with Crippen molar-refractivity contribution in [1.29, 1.82) is 0 Å². The smallest absolute Gasteiger partial charge is 0.324 e. The maximum atomic E-state index is 11.7. The average Bonchev–Trinajstić information content (AvgIpc) is 2.33. The number of carbonyl (C=O) groups excluding carboxylic acids is 2. The van der Waals surface area contributed by atoms with Crippen molar-refractivity contribution in [1.82, 2.24) is 0 Å². The third kappa shape index (κ3) is 2.84. The van der Waals surface area contributed by atoms with Crippen LogP contribution in [0.2, 0.25) is 0 Å². The number of ether oxygens (including phenoxy) is 2. The van der Waals surface area contributed by atoms with E-state index in [1.807, 2.05) is 26.0 Å². The molecule has 0 N–H and O–H groups in total. The summed E-state index contributed by atoms with van der Waals surface area (Å²) < 4.78 is 9.29. The van der Waals surface area contributed by atoms with Crippen LogP contribution in [0.3, 0.4) is 0 Å². The van der Waals surface area contributed by atoms with Crippen molar-refractivity contribution in [2.75, 3.05) is 14.2 Å². The predicted octanol–water partition coefficient (Wildman–Crippen LogP) is 1.73. The van der Waals surface area contributed by atoms with Gasteiger partial charge in [-0.25, -0.2) is 0 Å². The number of hydrogen-bond acceptors (Lipinski definition) is 4. The number of carbonyl (C=O) groups is 2. The minimum absolute atomic E-state index is 0.606. The second kappa shape index (κ2) is 5.48. The Morgan fingerprint density at radius 2 is 1.59 bits per heavy atom. The van der Waals surface area contributed by atoms with E-state index >= 15 is 0 Å². The van der Waals surface area contributed by atoms with Gasteiger partial charge in [0.15, 0.2) is 5.92 Å². The predicted molar refractivity (Wildman–Crippen MR) is 62.7 cm³/mol. The molecule has 0 atom stereocenters. The quantitative estimate of drug-likeness (QED) is 0.592. The standard InChI is InChI=1S/C13H16O4/c1-8-5-6-9(2)10(7-8)11(12(14)16-3)13(15)17-4/h5-7,11H,1-4H3. The molecule has 0 spiro atoms. The molecule has 0 radical (unpaired) electrons. The van der Waals surface area contributed by atoms with Crippen molar-refractivity contribution in [3.63, 3.8) is 0 Å². The highest BCUT2D eigenvalue weighted by molar-refractivity contribution is 6.01. The van der Waals surface area contributed by atoms with E-state index in [1.165, 1.54) is 14.2 Å². The molecule has 0 unspecified atom stereocenters. The topological polar surface area (TPSA) is 52.6 Å². The van der Waals surface area contributed by atoms with Gasteiger partial charge in [-0.2, -0.15) is 0 Å². The van der Waals surface area contributed by atoms with E-state index in [1.54, 1.807) is 6.07 Å². The molecular weight excluding hydrogens is 220 g/mol. The monoisotopic (exact) mass is 236 g/mol. The Bertz CT molecular complexity index is 421. The maximum absolute atomic E-state index is 11.7. The van der Waals surface area contributed by atoms with Crippen molar-refractivity contribution < 1.29 is 19.1 Å². The third-order valence-electron chi connectivity index (χ3n) is 2.62. The molecule has 0 aromatic heterocycles. The Kier molecular flexibility index (Phi) is 4.26. The molecule has 0 saturated heterocycles. The first-order valence-electron chi connectivity index (χ1n) is 5.24. The zero-order valence-electron chi connectivity index (χ0n) is 10.4. The Morgan fingerprint density at radius 3 is 2.06 bits per heavy atom. The van der Waals surface area contributed by atoms with Crippen molar-refractivity contribution in [2.45, 2.75) is 19.8 Å². The highest BCUT2D eigenvalue weighted by Crippen LogP contribution is 2.23. The summed E-state index contributed by atoms with van der Waals surface area (Å²) in [7, 11) is 2.51. The van der Waals surface area contributed by atoms with Crippen molar-refractivity contribution >= 4 is 11.9 Å². The van der Waals surface area contributed by atoms with E-state index in [2.05, 4.69) is 9.47 Å². The zero-order valence-corrected chi connectivity index (χ0v) is 10.4. The molecule has 0 fully saturated rings. The van der Waals surface area contributed by atoms with E-state index in [0.29, 0.717) is 5.56 Å². The summed E-state index contributed by atoms with van der Waals surface area (Å²) >= 11 is 0. The molecule has 0 heterocycles. The van der Waals surface area contributed by atoms with Gasteiger partial charge in [-0.1, -0.05) is 23.8 Å². The number of methoxy groups -OCH3 is 2. The molecule has 0 amide bonds. The minimum Gasteiger partial charge on any atom is -0.468 e. The molecular formula is C13H16O4. The Hall–Kier alpha value is -1.84. The van der Waals surface area contributed by atoms with Crippen LogP contribution in [0.4, 0.5) is 0 Å². The van der Waals surface area contributed by atoms with Crippen molar-refractivity contribution in [3.8, 4) is 0 Å². The summed E-state index contributed by atoms with van der Waals surface area (Å²) in [4.78, 5) is 23.3. The van der Waals surface area contributed by atoms with E-state index in [-0.39, 0.29) is 0 Å². The first kappa shape index (κ1) is 13.2. The molecule has 1 aromatic carbocycles. The largest absolute Gasteiger partial charge is 0.468 e. The summed E-state index contributed by atoms with van der Waals surface area (Å²) in [5, 5.41) is 0. The molecule has 1 rings (SSSR count). The van der Waals surface area contributed by atoms with Gasteiger partial charge in [-0.05, 0) is 25.0 Å². The molecule has 1 aromatic rings. The molecule has 4 heteroatoms. The van der Waals surface area contributed by atoms with Crippen LogP contribution in [-0.2, 0) is 19.1 Å². The summed E-state index contributed by atoms with van der Waals surface area (Å²) in [5.74, 6) is -2.22. The zero-order chi connectivity index (χ0) is 13.0. The molecule has 0 aliphatic carbocycles. The van der Waals surface area contributed by atoms with Gasteiger partial charge >= 0.3 is 11.9 Å². The highest BCUT2D eigenvalue weighted by Gasteiger charge is 2.31. The van der Waals surface area contributed by atoms with Crippen LogP contribution in [0.15, 0.2) is 18.2 Å². The van der Waals surface area contributed by atoms with Crippen LogP contribution < -0.4 is 0 Å². The van der Waals surface area contributed by atoms with Gasteiger partial charge in [0.05, 0.1) is 14.2 Å². The van der Waals surface area contributed by atoms with E-state index in [0.717, 1.165) is 11.1 Å². The van der Waals surface area contributed by atoms with Crippen LogP contribution in [0.1, 0.15) is 22.6 Å². The molecule has 0 aliphatic heterocycles. The van der Waals surface area contributed by atoms with Gasteiger partial charge in [0, 0.05) is 0 Å². The normalized spacial score (nSPS) is 10.2. The third-order valence-corrected chi connectivity index (χ3v) is 2.62.